The molecular formula is C16H27FN2O. The molecule has 1 N–H and O–H groups in total. The molecule has 114 valence electrons. The van der Waals surface area contributed by atoms with Crippen LogP contribution >= 0.6 is 0 Å². The molecule has 3 nitrogen and oxygen atoms in total. The van der Waals surface area contributed by atoms with Crippen LogP contribution in [0.5, 0.6) is 5.75 Å². The van der Waals surface area contributed by atoms with E-state index in [1.807, 2.05) is 13.1 Å². The molecule has 0 amide bonds. The minimum Gasteiger partial charge on any atom is -0.494 e. The van der Waals surface area contributed by atoms with E-state index in [0.29, 0.717) is 5.75 Å². The van der Waals surface area contributed by atoms with Gasteiger partial charge in [-0.1, -0.05) is 19.9 Å². The minimum atomic E-state index is -0.299. The van der Waals surface area contributed by atoms with Crippen LogP contribution in [0.4, 0.5) is 4.39 Å². The summed E-state index contributed by atoms with van der Waals surface area (Å²) in [6.45, 7) is 7.16. The van der Waals surface area contributed by atoms with Crippen LogP contribution in [-0.4, -0.2) is 39.2 Å². The van der Waals surface area contributed by atoms with Crippen molar-refractivity contribution < 1.29 is 9.13 Å². The van der Waals surface area contributed by atoms with Crippen LogP contribution in [0.25, 0.3) is 0 Å². The van der Waals surface area contributed by atoms with Gasteiger partial charge in [-0.25, -0.2) is 4.39 Å². The number of ether oxygens (including phenoxy) is 1. The highest BCUT2D eigenvalue weighted by Crippen LogP contribution is 2.23. The number of nitrogens with one attached hydrogen (secondary N) is 1. The number of benzene rings is 1. The van der Waals surface area contributed by atoms with Gasteiger partial charge in [-0.3, -0.25) is 0 Å². The molecule has 0 aromatic heterocycles. The SMILES string of the molecule is CCC(C)(CNC)CN(C)Cc1ccc(OC)c(F)c1. The van der Waals surface area contributed by atoms with Crippen LogP contribution in [0.2, 0.25) is 0 Å². The average molecular weight is 282 g/mol. The van der Waals surface area contributed by atoms with Gasteiger partial charge in [-0.15, -0.1) is 0 Å². The average Bonchev–Trinajstić information content (AvgIpc) is 2.39. The Balaban J connectivity index is 2.66. The topological polar surface area (TPSA) is 24.5 Å². The maximum Gasteiger partial charge on any atom is 0.165 e. The zero-order valence-electron chi connectivity index (χ0n) is 13.3. The van der Waals surface area contributed by atoms with Gasteiger partial charge >= 0.3 is 0 Å². The fraction of sp³-hybridized carbons (Fsp3) is 0.625. The first-order chi connectivity index (χ1) is 9.44. The normalized spacial score (nSPS) is 14.3. The third-order valence-corrected chi connectivity index (χ3v) is 3.78. The molecule has 20 heavy (non-hydrogen) atoms. The van der Waals surface area contributed by atoms with Gasteiger partial charge in [0.05, 0.1) is 7.11 Å². The Morgan fingerprint density at radius 2 is 2.10 bits per heavy atom. The van der Waals surface area contributed by atoms with Crippen LogP contribution in [0, 0.1) is 11.2 Å². The van der Waals surface area contributed by atoms with Crippen molar-refractivity contribution in [2.24, 2.45) is 5.41 Å². The molecule has 0 spiro atoms. The lowest BCUT2D eigenvalue weighted by Gasteiger charge is -2.33. The number of rotatable bonds is 8. The van der Waals surface area contributed by atoms with Crippen molar-refractivity contribution in [1.29, 1.82) is 0 Å². The van der Waals surface area contributed by atoms with Crippen molar-refractivity contribution in [3.63, 3.8) is 0 Å². The predicted molar refractivity (Wildman–Crippen MR) is 81.6 cm³/mol. The standard InChI is InChI=1S/C16H27FN2O/c1-6-16(2,11-18-3)12-19(4)10-13-7-8-15(20-5)14(17)9-13/h7-9,18H,6,10-12H2,1-5H3. The molecule has 0 radical (unpaired) electrons. The Hall–Kier alpha value is -1.13. The Morgan fingerprint density at radius 3 is 2.60 bits per heavy atom. The third-order valence-electron chi connectivity index (χ3n) is 3.78. The van der Waals surface area contributed by atoms with Crippen LogP contribution < -0.4 is 10.1 Å². The first-order valence-corrected chi connectivity index (χ1v) is 7.09. The number of methoxy groups -OCH3 is 1. The summed E-state index contributed by atoms with van der Waals surface area (Å²) in [4.78, 5) is 2.24. The molecule has 4 heteroatoms. The second-order valence-corrected chi connectivity index (χ2v) is 5.84. The van der Waals surface area contributed by atoms with E-state index in [-0.39, 0.29) is 11.2 Å². The third kappa shape index (κ3) is 4.76. The van der Waals surface area contributed by atoms with Crippen LogP contribution in [0.15, 0.2) is 18.2 Å². The Morgan fingerprint density at radius 1 is 1.40 bits per heavy atom. The van der Waals surface area contributed by atoms with Gasteiger partial charge in [-0.2, -0.15) is 0 Å². The lowest BCUT2D eigenvalue weighted by Crippen LogP contribution is -2.39. The molecule has 1 unspecified atom stereocenters. The lowest BCUT2D eigenvalue weighted by molar-refractivity contribution is 0.178. The molecule has 1 aromatic carbocycles. The summed E-state index contributed by atoms with van der Waals surface area (Å²) >= 11 is 0. The lowest BCUT2D eigenvalue weighted by atomic mass is 9.87. The molecule has 0 aliphatic carbocycles. The maximum absolute atomic E-state index is 13.7. The van der Waals surface area contributed by atoms with Gasteiger partial charge in [0.15, 0.2) is 11.6 Å². The van der Waals surface area contributed by atoms with Crippen LogP contribution in [0.1, 0.15) is 25.8 Å². The van der Waals surface area contributed by atoms with Crippen molar-refractivity contribution >= 4 is 0 Å². The van der Waals surface area contributed by atoms with Crippen molar-refractivity contribution in [3.05, 3.63) is 29.6 Å². The highest BCUT2D eigenvalue weighted by atomic mass is 19.1. The van der Waals surface area contributed by atoms with E-state index in [1.165, 1.54) is 7.11 Å². The van der Waals surface area contributed by atoms with E-state index in [1.54, 1.807) is 12.1 Å². The molecule has 0 saturated heterocycles. The largest absolute Gasteiger partial charge is 0.494 e. The molecule has 0 aliphatic heterocycles. The molecule has 0 fully saturated rings. The van der Waals surface area contributed by atoms with Crippen molar-refractivity contribution in [2.75, 3.05) is 34.3 Å². The van der Waals surface area contributed by atoms with E-state index in [4.69, 9.17) is 4.74 Å². The summed E-state index contributed by atoms with van der Waals surface area (Å²) in [5.74, 6) is -0.00291. The van der Waals surface area contributed by atoms with E-state index >= 15 is 0 Å². The molecule has 0 saturated carbocycles. The van der Waals surface area contributed by atoms with E-state index in [2.05, 4.69) is 31.1 Å². The first-order valence-electron chi connectivity index (χ1n) is 7.09. The van der Waals surface area contributed by atoms with Crippen molar-refractivity contribution in [1.82, 2.24) is 10.2 Å². The fourth-order valence-corrected chi connectivity index (χ4v) is 2.55. The Kier molecular flexibility index (Phi) is 6.43. The van der Waals surface area contributed by atoms with Crippen LogP contribution in [0.3, 0.4) is 0 Å². The van der Waals surface area contributed by atoms with Gasteiger partial charge in [0.1, 0.15) is 0 Å². The fourth-order valence-electron chi connectivity index (χ4n) is 2.55. The summed E-state index contributed by atoms with van der Waals surface area (Å²) in [6.07, 6.45) is 1.11. The Labute approximate surface area is 122 Å². The molecule has 0 heterocycles. The maximum atomic E-state index is 13.7. The second-order valence-electron chi connectivity index (χ2n) is 5.84. The summed E-state index contributed by atoms with van der Waals surface area (Å²) in [7, 11) is 5.53. The van der Waals surface area contributed by atoms with Gasteiger partial charge in [0, 0.05) is 19.6 Å². The van der Waals surface area contributed by atoms with Gasteiger partial charge in [0.25, 0.3) is 0 Å². The van der Waals surface area contributed by atoms with Gasteiger partial charge < -0.3 is 15.0 Å². The zero-order valence-corrected chi connectivity index (χ0v) is 13.3. The van der Waals surface area contributed by atoms with E-state index < -0.39 is 0 Å². The summed E-state index contributed by atoms with van der Waals surface area (Å²) in [5.41, 5.74) is 1.20. The first kappa shape index (κ1) is 16.9. The number of nitrogens with zero attached hydrogens (tertiary/aromatic N) is 1. The quantitative estimate of drug-likeness (QED) is 0.793. The monoisotopic (exact) mass is 282 g/mol. The minimum absolute atomic E-state index is 0.231. The zero-order chi connectivity index (χ0) is 15.2. The number of hydrogen-bond acceptors (Lipinski definition) is 3. The van der Waals surface area contributed by atoms with Gasteiger partial charge in [0.2, 0.25) is 0 Å². The number of hydrogen-bond donors (Lipinski definition) is 1. The van der Waals surface area contributed by atoms with Crippen LogP contribution in [-0.2, 0) is 6.54 Å². The summed E-state index contributed by atoms with van der Waals surface area (Å²) in [5, 5.41) is 3.25. The molecule has 0 aliphatic rings. The second kappa shape index (κ2) is 7.60. The highest BCUT2D eigenvalue weighted by molar-refractivity contribution is 5.29. The summed E-state index contributed by atoms with van der Waals surface area (Å²) in [6, 6.07) is 5.15. The highest BCUT2D eigenvalue weighted by Gasteiger charge is 2.23. The van der Waals surface area contributed by atoms with Crippen molar-refractivity contribution in [2.45, 2.75) is 26.8 Å². The van der Waals surface area contributed by atoms with Gasteiger partial charge in [-0.05, 0) is 43.6 Å². The van der Waals surface area contributed by atoms with E-state index in [9.17, 15) is 4.39 Å². The molecule has 1 rings (SSSR count). The van der Waals surface area contributed by atoms with E-state index in [0.717, 1.165) is 31.6 Å². The Bertz CT molecular complexity index is 425. The summed E-state index contributed by atoms with van der Waals surface area (Å²) < 4.78 is 18.6. The molecule has 1 atom stereocenters. The molecule has 0 bridgehead atoms. The molecular weight excluding hydrogens is 255 g/mol. The number of halogens is 1. The smallest absolute Gasteiger partial charge is 0.165 e. The molecule has 1 aromatic rings. The van der Waals surface area contributed by atoms with Crippen molar-refractivity contribution in [3.8, 4) is 5.75 Å². The predicted octanol–water partition coefficient (Wildman–Crippen LogP) is 2.90.